The van der Waals surface area contributed by atoms with Crippen molar-refractivity contribution >= 4 is 81.0 Å². The van der Waals surface area contributed by atoms with Crippen molar-refractivity contribution in [3.05, 3.63) is 23.8 Å². The topological polar surface area (TPSA) is 346 Å². The molecule has 1 aromatic heterocycles. The third-order valence-corrected chi connectivity index (χ3v) is 12.9. The van der Waals surface area contributed by atoms with Crippen molar-refractivity contribution in [2.75, 3.05) is 31.1 Å². The number of aliphatic carboxylic acids is 1. The number of anilines is 1. The summed E-state index contributed by atoms with van der Waals surface area (Å²) < 4.78 is 14.6. The highest BCUT2D eigenvalue weighted by Crippen LogP contribution is 2.30. The molecule has 1 fully saturated rings. The maximum absolute atomic E-state index is 14.6. The molecule has 0 aliphatic carbocycles. The number of aliphatic hydroxyl groups is 1. The highest BCUT2D eigenvalue weighted by Gasteiger charge is 2.45. The van der Waals surface area contributed by atoms with E-state index in [9.17, 15) is 57.9 Å². The molecule has 62 heavy (non-hydrogen) atoms. The van der Waals surface area contributed by atoms with E-state index in [4.69, 9.17) is 5.73 Å². The Morgan fingerprint density at radius 3 is 2.11 bits per heavy atom. The van der Waals surface area contributed by atoms with E-state index in [1.165, 1.54) is 6.07 Å². The summed E-state index contributed by atoms with van der Waals surface area (Å²) in [5.41, 5.74) is 6.99. The Morgan fingerprint density at radius 1 is 0.839 bits per heavy atom. The number of H-pyrrole nitrogens is 1. The van der Waals surface area contributed by atoms with Gasteiger partial charge < -0.3 is 67.6 Å². The van der Waals surface area contributed by atoms with E-state index in [1.54, 1.807) is 39.8 Å². The predicted octanol–water partition coefficient (Wildman–Crippen LogP) is -3.39. The standard InChI is InChI=1S/C39H54N10O12S/c1-5-17(3)31-36(58)42-13-28(51)43-26-16-62(61)38-22(21-9-19(40)7-8-23(21)46-38)11-24(33(55)41-14-29(52)47-31)44-37(59)32(18(4)6-2)48-35(57)27-10-20(50)15-49(27)39(60)25(12-30(53)54)45-34(26)56/h7-9,17-18,20,24-27,31-32,46,50H,5-6,10-16,40H2,1-4H3,(H,41,55)(H,42,58)(H,43,51)(H,44,59)(H,45,56)(H,47,52)(H,48,57)(H,53,54)/t17-,18-,20+,24-,25?,26-,27-,31-,32-,62?/m0/s1. The van der Waals surface area contributed by atoms with Crippen LogP contribution in [0.1, 0.15) is 58.9 Å². The molecular formula is C39H54N10O12S. The third-order valence-electron chi connectivity index (χ3n) is 11.4. The molecule has 2 bridgehead atoms. The zero-order valence-corrected chi connectivity index (χ0v) is 35.5. The first-order chi connectivity index (χ1) is 29.3. The second-order valence-electron chi connectivity index (χ2n) is 15.9. The highest BCUT2D eigenvalue weighted by atomic mass is 32.2. The lowest BCUT2D eigenvalue weighted by Crippen LogP contribution is -2.61. The molecule has 338 valence electrons. The quantitative estimate of drug-likeness (QED) is 0.0998. The van der Waals surface area contributed by atoms with Gasteiger partial charge in [0.2, 0.25) is 52.3 Å². The fourth-order valence-electron chi connectivity index (χ4n) is 7.57. The summed E-state index contributed by atoms with van der Waals surface area (Å²) in [6, 6.07) is -4.55. The smallest absolute Gasteiger partial charge is 0.305 e. The Kier molecular flexibility index (Phi) is 15.4. The van der Waals surface area contributed by atoms with Crippen LogP contribution in [0.15, 0.2) is 23.2 Å². The minimum atomic E-state index is -2.30. The monoisotopic (exact) mass is 886 g/mol. The fourth-order valence-corrected chi connectivity index (χ4v) is 8.97. The lowest BCUT2D eigenvalue weighted by Gasteiger charge is -2.31. The number of carbonyl (C=O) groups is 9. The first kappa shape index (κ1) is 47.1. The number of carboxylic acids is 1. The predicted molar refractivity (Wildman–Crippen MR) is 221 cm³/mol. The SMILES string of the molecule is CC[C@H](C)[C@@H]1NC(=O)CNC(=O)[C@@H]2Cc3c([nH]c4ccc(N)cc34)[S+]([O-])C[C@H](NC(=O)CNC1=O)C(=O)NC(CC(=O)O)C(=O)N1C[C@H](O)C[C@H]1C(=O)N[C@@H]([C@@H](C)CC)C(=O)N2. The summed E-state index contributed by atoms with van der Waals surface area (Å²) in [5.74, 6) is -10.8. The Morgan fingerprint density at radius 2 is 1.47 bits per heavy atom. The molecule has 3 aliphatic heterocycles. The largest absolute Gasteiger partial charge is 0.610 e. The molecule has 2 unspecified atom stereocenters. The van der Waals surface area contributed by atoms with Crippen LogP contribution in [0.2, 0.25) is 0 Å². The summed E-state index contributed by atoms with van der Waals surface area (Å²) in [7, 11) is 0. The number of benzene rings is 1. The van der Waals surface area contributed by atoms with Gasteiger partial charge in [-0.05, 0) is 30.0 Å². The van der Waals surface area contributed by atoms with Gasteiger partial charge in [-0.1, -0.05) is 40.5 Å². The number of amides is 8. The van der Waals surface area contributed by atoms with E-state index in [0.717, 1.165) is 4.90 Å². The average Bonchev–Trinajstić information content (AvgIpc) is 3.80. The van der Waals surface area contributed by atoms with Crippen LogP contribution >= 0.6 is 0 Å². The van der Waals surface area contributed by atoms with E-state index in [0.29, 0.717) is 23.7 Å². The number of nitrogens with two attached hydrogens (primary N) is 1. The number of carbonyl (C=O) groups excluding carboxylic acids is 8. The van der Waals surface area contributed by atoms with E-state index in [-0.39, 0.29) is 22.7 Å². The Labute approximate surface area is 359 Å². The maximum Gasteiger partial charge on any atom is 0.305 e. The number of nitrogens with zero attached hydrogens (tertiary/aromatic N) is 1. The molecule has 1 saturated heterocycles. The molecule has 0 radical (unpaired) electrons. The lowest BCUT2D eigenvalue weighted by molar-refractivity contribution is -0.146. The highest BCUT2D eigenvalue weighted by molar-refractivity contribution is 7.91. The van der Waals surface area contributed by atoms with Gasteiger partial charge in [0.05, 0.1) is 25.6 Å². The number of hydrogen-bond donors (Lipinski definition) is 11. The van der Waals surface area contributed by atoms with E-state index in [2.05, 4.69) is 42.2 Å². The molecule has 2 aromatic rings. The molecule has 12 N–H and O–H groups in total. The molecule has 23 heteroatoms. The van der Waals surface area contributed by atoms with Gasteiger partial charge >= 0.3 is 5.97 Å². The van der Waals surface area contributed by atoms with Crippen LogP contribution in [0.4, 0.5) is 5.69 Å². The van der Waals surface area contributed by atoms with Gasteiger partial charge in [0, 0.05) is 52.7 Å². The Balaban J connectivity index is 1.71. The van der Waals surface area contributed by atoms with Crippen LogP contribution in [0.5, 0.6) is 0 Å². The van der Waals surface area contributed by atoms with Gasteiger partial charge in [-0.25, -0.2) is 0 Å². The average molecular weight is 887 g/mol. The van der Waals surface area contributed by atoms with Crippen LogP contribution in [0.3, 0.4) is 0 Å². The molecule has 10 atom stereocenters. The van der Waals surface area contributed by atoms with Crippen molar-refractivity contribution in [3.63, 3.8) is 0 Å². The zero-order chi connectivity index (χ0) is 45.6. The Hall–Kier alpha value is -5.94. The minimum absolute atomic E-state index is 0.0618. The minimum Gasteiger partial charge on any atom is -0.610 e. The number of aliphatic hydroxyl groups excluding tert-OH is 1. The Bertz CT molecular complexity index is 2100. The molecule has 0 saturated carbocycles. The second-order valence-corrected chi connectivity index (χ2v) is 17.4. The summed E-state index contributed by atoms with van der Waals surface area (Å²) in [6.07, 6.45) is -2.27. The molecular weight excluding hydrogens is 833 g/mol. The van der Waals surface area contributed by atoms with Crippen LogP contribution in [0, 0.1) is 11.8 Å². The van der Waals surface area contributed by atoms with Crippen LogP contribution in [-0.4, -0.2) is 146 Å². The second kappa shape index (κ2) is 20.3. The first-order valence-electron chi connectivity index (χ1n) is 20.4. The zero-order valence-electron chi connectivity index (χ0n) is 34.7. The molecule has 5 rings (SSSR count). The number of aromatic nitrogens is 1. The van der Waals surface area contributed by atoms with Crippen molar-refractivity contribution in [2.45, 2.75) is 107 Å². The molecule has 4 heterocycles. The van der Waals surface area contributed by atoms with E-state index in [1.807, 2.05) is 0 Å². The molecule has 0 spiro atoms. The van der Waals surface area contributed by atoms with Gasteiger partial charge in [0.15, 0.2) is 6.04 Å². The maximum atomic E-state index is 14.6. The van der Waals surface area contributed by atoms with Gasteiger partial charge in [-0.3, -0.25) is 43.2 Å². The number of carboxylic acid groups (broad SMARTS) is 1. The van der Waals surface area contributed by atoms with E-state index < -0.39 is 157 Å². The normalized spacial score (nSPS) is 28.5. The molecule has 3 aliphatic rings. The van der Waals surface area contributed by atoms with Crippen molar-refractivity contribution in [3.8, 4) is 0 Å². The van der Waals surface area contributed by atoms with Gasteiger partial charge in [-0.2, -0.15) is 0 Å². The van der Waals surface area contributed by atoms with Crippen molar-refractivity contribution in [1.82, 2.24) is 47.1 Å². The molecule has 22 nitrogen and oxygen atoms in total. The lowest BCUT2D eigenvalue weighted by atomic mass is 9.96. The van der Waals surface area contributed by atoms with Gasteiger partial charge in [0.25, 0.3) is 0 Å². The van der Waals surface area contributed by atoms with Crippen LogP contribution < -0.4 is 43.0 Å². The summed E-state index contributed by atoms with van der Waals surface area (Å²) in [4.78, 5) is 127. The number of hydrogen-bond acceptors (Lipinski definition) is 12. The number of rotatable bonds is 6. The molecule has 8 amide bonds. The molecule has 1 aromatic carbocycles. The third kappa shape index (κ3) is 11.1. The number of fused-ring (bicyclic) bond motifs is 5. The van der Waals surface area contributed by atoms with Crippen molar-refractivity contribution < 1.29 is 57.9 Å². The van der Waals surface area contributed by atoms with Crippen LogP contribution in [0.25, 0.3) is 10.9 Å². The van der Waals surface area contributed by atoms with Gasteiger partial charge in [-0.15, -0.1) is 0 Å². The van der Waals surface area contributed by atoms with E-state index >= 15 is 0 Å². The summed E-state index contributed by atoms with van der Waals surface area (Å²) in [5, 5.41) is 38.3. The summed E-state index contributed by atoms with van der Waals surface area (Å²) in [6.45, 7) is 4.97. The number of nitrogens with one attached hydrogen (secondary N) is 8. The van der Waals surface area contributed by atoms with Crippen molar-refractivity contribution in [1.29, 1.82) is 0 Å². The number of nitrogen functional groups attached to an aromatic ring is 1. The first-order valence-corrected chi connectivity index (χ1v) is 21.7. The fraction of sp³-hybridized carbons (Fsp3) is 0.564. The van der Waals surface area contributed by atoms with Gasteiger partial charge in [0.1, 0.15) is 36.0 Å². The van der Waals surface area contributed by atoms with Crippen molar-refractivity contribution in [2.24, 2.45) is 11.8 Å². The summed E-state index contributed by atoms with van der Waals surface area (Å²) >= 11 is -2.30. The van der Waals surface area contributed by atoms with Crippen LogP contribution in [-0.2, 0) is 60.7 Å². The number of aromatic amines is 1.